The summed E-state index contributed by atoms with van der Waals surface area (Å²) in [5.41, 5.74) is 1.35. The number of rotatable bonds is 8. The Labute approximate surface area is 131 Å². The van der Waals surface area contributed by atoms with E-state index in [9.17, 15) is 9.18 Å². The first-order valence-electron chi connectivity index (χ1n) is 8.05. The number of aromatic nitrogens is 2. The predicted octanol–water partition coefficient (Wildman–Crippen LogP) is 3.44. The number of nitrogens with zero attached hydrogens (tertiary/aromatic N) is 3. The second kappa shape index (κ2) is 7.92. The van der Waals surface area contributed by atoms with Gasteiger partial charge in [0.15, 0.2) is 0 Å². The third-order valence-electron chi connectivity index (χ3n) is 3.71. The Morgan fingerprint density at radius 3 is 2.50 bits per heavy atom. The molecule has 2 rings (SSSR count). The summed E-state index contributed by atoms with van der Waals surface area (Å²) < 4.78 is 14.8. The molecule has 0 aromatic carbocycles. The van der Waals surface area contributed by atoms with Crippen LogP contribution in [0.4, 0.5) is 4.39 Å². The standard InChI is InChI=1S/C17H24FN3O/c1-3-5-9-20(10-6-4-2)17(22)11-15-13-21-12-14(18)7-8-16(21)19-15/h7-8,12-13H,3-6,9-11H2,1-2H3. The van der Waals surface area contributed by atoms with Crippen LogP contribution in [0.3, 0.4) is 0 Å². The lowest BCUT2D eigenvalue weighted by Crippen LogP contribution is -2.34. The van der Waals surface area contributed by atoms with Crippen LogP contribution in [0.1, 0.15) is 45.2 Å². The van der Waals surface area contributed by atoms with Crippen molar-refractivity contribution in [3.05, 3.63) is 36.0 Å². The topological polar surface area (TPSA) is 37.6 Å². The smallest absolute Gasteiger partial charge is 0.228 e. The quantitative estimate of drug-likeness (QED) is 0.749. The van der Waals surface area contributed by atoms with E-state index in [1.54, 1.807) is 16.7 Å². The average molecular weight is 305 g/mol. The molecule has 2 aromatic heterocycles. The van der Waals surface area contributed by atoms with Crippen LogP contribution in [0.25, 0.3) is 5.65 Å². The molecule has 0 atom stereocenters. The highest BCUT2D eigenvalue weighted by Crippen LogP contribution is 2.09. The minimum Gasteiger partial charge on any atom is -0.342 e. The Balaban J connectivity index is 2.05. The van der Waals surface area contributed by atoms with Gasteiger partial charge in [0.2, 0.25) is 5.91 Å². The van der Waals surface area contributed by atoms with Gasteiger partial charge in [-0.05, 0) is 25.0 Å². The highest BCUT2D eigenvalue weighted by molar-refractivity contribution is 5.78. The molecule has 22 heavy (non-hydrogen) atoms. The van der Waals surface area contributed by atoms with Crippen LogP contribution in [-0.4, -0.2) is 33.3 Å². The van der Waals surface area contributed by atoms with Crippen LogP contribution in [-0.2, 0) is 11.2 Å². The summed E-state index contributed by atoms with van der Waals surface area (Å²) in [5, 5.41) is 0. The van der Waals surface area contributed by atoms with Crippen molar-refractivity contribution in [2.24, 2.45) is 0 Å². The van der Waals surface area contributed by atoms with Gasteiger partial charge >= 0.3 is 0 Å². The van der Waals surface area contributed by atoms with Gasteiger partial charge in [-0.25, -0.2) is 9.37 Å². The van der Waals surface area contributed by atoms with Crippen molar-refractivity contribution in [2.45, 2.75) is 46.0 Å². The lowest BCUT2D eigenvalue weighted by atomic mass is 10.2. The van der Waals surface area contributed by atoms with Crippen molar-refractivity contribution in [3.63, 3.8) is 0 Å². The van der Waals surface area contributed by atoms with Crippen LogP contribution >= 0.6 is 0 Å². The molecule has 1 amide bonds. The molecule has 0 spiro atoms. The summed E-state index contributed by atoms with van der Waals surface area (Å²) in [5.74, 6) is -0.207. The van der Waals surface area contributed by atoms with E-state index in [-0.39, 0.29) is 18.1 Å². The fraction of sp³-hybridized carbons (Fsp3) is 0.529. The molecule has 0 bridgehead atoms. The molecule has 2 aromatic rings. The molecule has 0 saturated carbocycles. The first-order valence-corrected chi connectivity index (χ1v) is 8.05. The Morgan fingerprint density at radius 1 is 1.18 bits per heavy atom. The Morgan fingerprint density at radius 2 is 1.86 bits per heavy atom. The highest BCUT2D eigenvalue weighted by Gasteiger charge is 2.15. The first-order chi connectivity index (χ1) is 10.6. The zero-order valence-electron chi connectivity index (χ0n) is 13.4. The van der Waals surface area contributed by atoms with Gasteiger partial charge in [-0.3, -0.25) is 4.79 Å². The van der Waals surface area contributed by atoms with E-state index in [1.807, 2.05) is 4.90 Å². The van der Waals surface area contributed by atoms with Crippen molar-refractivity contribution in [2.75, 3.05) is 13.1 Å². The number of unbranched alkanes of at least 4 members (excludes halogenated alkanes) is 2. The summed E-state index contributed by atoms with van der Waals surface area (Å²) >= 11 is 0. The Bertz CT molecular complexity index is 615. The molecule has 4 nitrogen and oxygen atoms in total. The van der Waals surface area contributed by atoms with E-state index < -0.39 is 0 Å². The van der Waals surface area contributed by atoms with E-state index in [2.05, 4.69) is 18.8 Å². The summed E-state index contributed by atoms with van der Waals surface area (Å²) in [7, 11) is 0. The number of fused-ring (bicyclic) bond motifs is 1. The number of carbonyl (C=O) groups excluding carboxylic acids is 1. The van der Waals surface area contributed by atoms with Crippen LogP contribution in [0.5, 0.6) is 0 Å². The summed E-state index contributed by atoms with van der Waals surface area (Å²) in [6.07, 6.45) is 7.57. The Kier molecular flexibility index (Phi) is 5.92. The zero-order chi connectivity index (χ0) is 15.9. The van der Waals surface area contributed by atoms with Gasteiger partial charge in [0.1, 0.15) is 11.5 Å². The molecular weight excluding hydrogens is 281 g/mol. The number of imidazole rings is 1. The van der Waals surface area contributed by atoms with Crippen LogP contribution in [0.15, 0.2) is 24.5 Å². The molecule has 120 valence electrons. The average Bonchev–Trinajstić information content (AvgIpc) is 2.88. The predicted molar refractivity (Wildman–Crippen MR) is 85.3 cm³/mol. The summed E-state index contributed by atoms with van der Waals surface area (Å²) in [6, 6.07) is 3.00. The van der Waals surface area contributed by atoms with Gasteiger partial charge in [0.25, 0.3) is 0 Å². The van der Waals surface area contributed by atoms with Gasteiger partial charge in [-0.15, -0.1) is 0 Å². The van der Waals surface area contributed by atoms with E-state index in [0.29, 0.717) is 11.3 Å². The van der Waals surface area contributed by atoms with Crippen molar-refractivity contribution >= 4 is 11.6 Å². The van der Waals surface area contributed by atoms with E-state index in [0.717, 1.165) is 38.8 Å². The van der Waals surface area contributed by atoms with Crippen molar-refractivity contribution < 1.29 is 9.18 Å². The first kappa shape index (κ1) is 16.5. The van der Waals surface area contributed by atoms with E-state index >= 15 is 0 Å². The molecule has 0 aliphatic heterocycles. The number of carbonyl (C=O) groups is 1. The van der Waals surface area contributed by atoms with Crippen LogP contribution < -0.4 is 0 Å². The third kappa shape index (κ3) is 4.29. The molecule has 0 saturated heterocycles. The number of hydrogen-bond donors (Lipinski definition) is 0. The van der Waals surface area contributed by atoms with Gasteiger partial charge in [-0.1, -0.05) is 26.7 Å². The molecule has 0 N–H and O–H groups in total. The van der Waals surface area contributed by atoms with Crippen molar-refractivity contribution in [1.82, 2.24) is 14.3 Å². The zero-order valence-corrected chi connectivity index (χ0v) is 13.4. The summed E-state index contributed by atoms with van der Waals surface area (Å²) in [6.45, 7) is 5.85. The van der Waals surface area contributed by atoms with Gasteiger partial charge < -0.3 is 9.30 Å². The van der Waals surface area contributed by atoms with Gasteiger partial charge in [0.05, 0.1) is 12.1 Å². The van der Waals surface area contributed by atoms with Crippen LogP contribution in [0, 0.1) is 5.82 Å². The number of amides is 1. The summed E-state index contributed by atoms with van der Waals surface area (Å²) in [4.78, 5) is 18.8. The molecule has 0 fully saturated rings. The minimum atomic E-state index is -0.310. The van der Waals surface area contributed by atoms with E-state index in [4.69, 9.17) is 0 Å². The molecule has 0 radical (unpaired) electrons. The lowest BCUT2D eigenvalue weighted by Gasteiger charge is -2.22. The molecule has 0 unspecified atom stereocenters. The fourth-order valence-corrected chi connectivity index (χ4v) is 2.43. The molecular formula is C17H24FN3O. The second-order valence-electron chi connectivity index (χ2n) is 5.61. The monoisotopic (exact) mass is 305 g/mol. The Hall–Kier alpha value is -1.91. The van der Waals surface area contributed by atoms with Crippen LogP contribution in [0.2, 0.25) is 0 Å². The normalized spacial score (nSPS) is 11.0. The number of halogens is 1. The SMILES string of the molecule is CCCCN(CCCC)C(=O)Cc1cn2cc(F)ccc2n1. The molecule has 2 heterocycles. The third-order valence-corrected chi connectivity index (χ3v) is 3.71. The maximum Gasteiger partial charge on any atom is 0.228 e. The molecule has 0 aliphatic carbocycles. The maximum atomic E-state index is 13.2. The molecule has 0 aliphatic rings. The molecule has 5 heteroatoms. The number of pyridine rings is 1. The van der Waals surface area contributed by atoms with Crippen molar-refractivity contribution in [3.8, 4) is 0 Å². The van der Waals surface area contributed by atoms with Crippen molar-refractivity contribution in [1.29, 1.82) is 0 Å². The largest absolute Gasteiger partial charge is 0.342 e. The van der Waals surface area contributed by atoms with E-state index in [1.165, 1.54) is 12.3 Å². The van der Waals surface area contributed by atoms with Gasteiger partial charge in [0, 0.05) is 25.5 Å². The fourth-order valence-electron chi connectivity index (χ4n) is 2.43. The lowest BCUT2D eigenvalue weighted by molar-refractivity contribution is -0.130. The number of hydrogen-bond acceptors (Lipinski definition) is 2. The maximum absolute atomic E-state index is 13.2. The minimum absolute atomic E-state index is 0.103. The van der Waals surface area contributed by atoms with Gasteiger partial charge in [-0.2, -0.15) is 0 Å². The second-order valence-corrected chi connectivity index (χ2v) is 5.61. The highest BCUT2D eigenvalue weighted by atomic mass is 19.1.